The van der Waals surface area contributed by atoms with E-state index >= 15 is 0 Å². The molecule has 0 saturated heterocycles. The third-order valence-corrected chi connectivity index (χ3v) is 4.35. The molecule has 0 unspecified atom stereocenters. The van der Waals surface area contributed by atoms with Crippen LogP contribution < -0.4 is 20.3 Å². The van der Waals surface area contributed by atoms with Gasteiger partial charge in [-0.3, -0.25) is 0 Å². The van der Waals surface area contributed by atoms with Crippen LogP contribution in [0.1, 0.15) is 11.1 Å². The number of carbonyl (C=O) groups is 1. The van der Waals surface area contributed by atoms with Crippen LogP contribution in [-0.4, -0.2) is 32.7 Å². The summed E-state index contributed by atoms with van der Waals surface area (Å²) >= 11 is 6.76. The van der Waals surface area contributed by atoms with E-state index in [1.165, 1.54) is 12.4 Å². The molecule has 136 valence electrons. The van der Waals surface area contributed by atoms with Crippen molar-refractivity contribution in [1.29, 1.82) is 0 Å². The molecule has 0 aliphatic heterocycles. The highest BCUT2D eigenvalue weighted by molar-refractivity contribution is 9.10. The van der Waals surface area contributed by atoms with Crippen molar-refractivity contribution in [3.8, 4) is 11.5 Å². The van der Waals surface area contributed by atoms with Crippen LogP contribution in [0.5, 0.6) is 11.5 Å². The first-order valence-corrected chi connectivity index (χ1v) is 8.91. The summed E-state index contributed by atoms with van der Waals surface area (Å²) in [5.41, 5.74) is 6.24. The minimum Gasteiger partial charge on any atom is -0.496 e. The molecule has 0 atom stereocenters. The number of carbonyl (C=O) groups excluding carboxylic acids is 1. The van der Waals surface area contributed by atoms with Gasteiger partial charge in [-0.1, -0.05) is 0 Å². The average Bonchev–Trinajstić information content (AvgIpc) is 2.62. The Morgan fingerprint density at radius 3 is 1.65 bits per heavy atom. The van der Waals surface area contributed by atoms with Gasteiger partial charge < -0.3 is 9.47 Å². The largest absolute Gasteiger partial charge is 0.496 e. The maximum absolute atomic E-state index is 11.6. The monoisotopic (exact) mass is 482 g/mol. The molecule has 26 heavy (non-hydrogen) atoms. The minimum absolute atomic E-state index is 0.558. The highest BCUT2D eigenvalue weighted by Crippen LogP contribution is 2.25. The molecule has 0 radical (unpaired) electrons. The van der Waals surface area contributed by atoms with Crippen LogP contribution in [0.3, 0.4) is 0 Å². The van der Waals surface area contributed by atoms with Gasteiger partial charge in [0.25, 0.3) is 0 Å². The number of halogens is 2. The number of nitrogens with zero attached hydrogens (tertiary/aromatic N) is 2. The molecule has 0 saturated carbocycles. The first kappa shape index (κ1) is 19.9. The summed E-state index contributed by atoms with van der Waals surface area (Å²) in [5, 5.41) is 7.71. The molecule has 0 fully saturated rings. The van der Waals surface area contributed by atoms with E-state index in [0.29, 0.717) is 11.5 Å². The van der Waals surface area contributed by atoms with Crippen LogP contribution in [0.2, 0.25) is 0 Å². The normalized spacial score (nSPS) is 10.9. The Morgan fingerprint density at radius 2 is 1.31 bits per heavy atom. The van der Waals surface area contributed by atoms with Gasteiger partial charge in [0.1, 0.15) is 11.5 Å². The zero-order valence-corrected chi connectivity index (χ0v) is 17.2. The summed E-state index contributed by atoms with van der Waals surface area (Å²) in [5.74, 6) is 1.43. The van der Waals surface area contributed by atoms with Crippen LogP contribution in [-0.2, 0) is 0 Å². The summed E-state index contributed by atoms with van der Waals surface area (Å²) in [4.78, 5) is 11.6. The van der Waals surface area contributed by atoms with E-state index < -0.39 is 6.03 Å². The number of hydrazone groups is 2. The Hall–Kier alpha value is -2.39. The molecule has 0 aliphatic rings. The molecule has 0 aromatic heterocycles. The Bertz CT molecular complexity index is 773. The third-order valence-electron chi connectivity index (χ3n) is 3.11. The van der Waals surface area contributed by atoms with Crippen LogP contribution in [0.15, 0.2) is 55.5 Å². The van der Waals surface area contributed by atoms with Crippen molar-refractivity contribution in [2.75, 3.05) is 14.2 Å². The van der Waals surface area contributed by atoms with Gasteiger partial charge >= 0.3 is 6.03 Å². The molecule has 2 rings (SSSR count). The van der Waals surface area contributed by atoms with E-state index in [2.05, 4.69) is 52.9 Å². The second kappa shape index (κ2) is 9.93. The van der Waals surface area contributed by atoms with Crippen LogP contribution >= 0.6 is 31.9 Å². The molecule has 2 N–H and O–H groups in total. The number of hydrogen-bond donors (Lipinski definition) is 2. The Labute approximate surface area is 167 Å². The molecule has 0 spiro atoms. The van der Waals surface area contributed by atoms with Crippen molar-refractivity contribution in [3.05, 3.63) is 56.5 Å². The fourth-order valence-corrected chi connectivity index (χ4v) is 3.00. The molecule has 0 bridgehead atoms. The van der Waals surface area contributed by atoms with E-state index in [-0.39, 0.29) is 0 Å². The van der Waals surface area contributed by atoms with E-state index in [1.807, 2.05) is 24.3 Å². The van der Waals surface area contributed by atoms with Crippen molar-refractivity contribution in [2.24, 2.45) is 10.2 Å². The number of rotatable bonds is 6. The first-order valence-electron chi connectivity index (χ1n) is 7.32. The number of methoxy groups -OCH3 is 2. The fourth-order valence-electron chi connectivity index (χ4n) is 1.88. The van der Waals surface area contributed by atoms with E-state index in [4.69, 9.17) is 9.47 Å². The SMILES string of the molecule is COc1ccc(C=NNC(=O)N/N=C\c2ccc(OC)c(Br)c2)cc1Br. The molecule has 0 aliphatic carbocycles. The molecular weight excluding hydrogens is 468 g/mol. The molecule has 7 nitrogen and oxygen atoms in total. The van der Waals surface area contributed by atoms with Crippen molar-refractivity contribution in [3.63, 3.8) is 0 Å². The van der Waals surface area contributed by atoms with Gasteiger partial charge in [-0.05, 0) is 79.4 Å². The standard InChI is InChI=1S/C17H16Br2N4O3/c1-25-15-5-3-11(7-13(15)18)9-20-22-17(24)23-21-10-12-4-6-16(26-2)14(19)8-12/h3-10H,1-2H3,(H2,22,23,24)/b20-9-,21-10?. The molecule has 9 heteroatoms. The summed E-state index contributed by atoms with van der Waals surface area (Å²) in [6, 6.07) is 10.3. The van der Waals surface area contributed by atoms with Crippen molar-refractivity contribution in [1.82, 2.24) is 10.9 Å². The Kier molecular flexibility index (Phi) is 7.61. The lowest BCUT2D eigenvalue weighted by molar-refractivity contribution is 0.242. The Balaban J connectivity index is 1.85. The summed E-state index contributed by atoms with van der Waals surface area (Å²) < 4.78 is 11.9. The van der Waals surface area contributed by atoms with Gasteiger partial charge in [-0.25, -0.2) is 15.6 Å². The number of nitrogens with one attached hydrogen (secondary N) is 2. The van der Waals surface area contributed by atoms with Crippen LogP contribution in [0, 0.1) is 0 Å². The van der Waals surface area contributed by atoms with Crippen molar-refractivity contribution >= 4 is 50.3 Å². The summed E-state index contributed by atoms with van der Waals surface area (Å²) in [7, 11) is 3.18. The minimum atomic E-state index is -0.558. The average molecular weight is 484 g/mol. The van der Waals surface area contributed by atoms with Crippen molar-refractivity contribution in [2.45, 2.75) is 0 Å². The lowest BCUT2D eigenvalue weighted by Crippen LogP contribution is -2.28. The Morgan fingerprint density at radius 1 is 0.885 bits per heavy atom. The van der Waals surface area contributed by atoms with Crippen LogP contribution in [0.25, 0.3) is 0 Å². The highest BCUT2D eigenvalue weighted by atomic mass is 79.9. The highest BCUT2D eigenvalue weighted by Gasteiger charge is 2.01. The molecule has 2 amide bonds. The van der Waals surface area contributed by atoms with E-state index in [9.17, 15) is 4.79 Å². The fraction of sp³-hybridized carbons (Fsp3) is 0.118. The van der Waals surface area contributed by atoms with Gasteiger partial charge in [-0.2, -0.15) is 10.2 Å². The predicted molar refractivity (Wildman–Crippen MR) is 108 cm³/mol. The molecular formula is C17H16Br2N4O3. The topological polar surface area (TPSA) is 84.3 Å². The quantitative estimate of drug-likeness (QED) is 0.482. The zero-order valence-electron chi connectivity index (χ0n) is 14.0. The zero-order chi connectivity index (χ0) is 18.9. The van der Waals surface area contributed by atoms with Gasteiger partial charge in [0.15, 0.2) is 0 Å². The summed E-state index contributed by atoms with van der Waals surface area (Å²) in [6.07, 6.45) is 3.02. The predicted octanol–water partition coefficient (Wildman–Crippen LogP) is 3.90. The number of amides is 2. The second-order valence-electron chi connectivity index (χ2n) is 4.86. The second-order valence-corrected chi connectivity index (χ2v) is 6.57. The lowest BCUT2D eigenvalue weighted by atomic mass is 10.2. The summed E-state index contributed by atoms with van der Waals surface area (Å²) in [6.45, 7) is 0. The molecule has 2 aromatic rings. The maximum Gasteiger partial charge on any atom is 0.355 e. The van der Waals surface area contributed by atoms with Gasteiger partial charge in [0.2, 0.25) is 0 Å². The number of urea groups is 1. The molecule has 2 aromatic carbocycles. The van der Waals surface area contributed by atoms with E-state index in [0.717, 1.165) is 20.1 Å². The van der Waals surface area contributed by atoms with Crippen LogP contribution in [0.4, 0.5) is 4.79 Å². The van der Waals surface area contributed by atoms with E-state index in [1.54, 1.807) is 26.4 Å². The number of hydrogen-bond acceptors (Lipinski definition) is 5. The number of ether oxygens (including phenoxy) is 2. The number of benzene rings is 2. The van der Waals surface area contributed by atoms with Crippen molar-refractivity contribution < 1.29 is 14.3 Å². The molecule has 0 heterocycles. The smallest absolute Gasteiger partial charge is 0.355 e. The third kappa shape index (κ3) is 5.85. The van der Waals surface area contributed by atoms with Gasteiger partial charge in [0, 0.05) is 0 Å². The van der Waals surface area contributed by atoms with Gasteiger partial charge in [0.05, 0.1) is 35.6 Å². The first-order chi connectivity index (χ1) is 12.5. The maximum atomic E-state index is 11.6. The van der Waals surface area contributed by atoms with Gasteiger partial charge in [-0.15, -0.1) is 0 Å². The lowest BCUT2D eigenvalue weighted by Gasteiger charge is -2.03.